The number of esters is 2. The number of ether oxygens (including phenoxy) is 2. The van der Waals surface area contributed by atoms with E-state index < -0.39 is 0 Å². The van der Waals surface area contributed by atoms with Crippen molar-refractivity contribution in [3.05, 3.63) is 0 Å². The molecule has 1 atom stereocenters. The van der Waals surface area contributed by atoms with Crippen LogP contribution in [0, 0.1) is 17.3 Å². The zero-order valence-corrected chi connectivity index (χ0v) is 20.5. The highest BCUT2D eigenvalue weighted by Crippen LogP contribution is 2.38. The molecule has 0 aromatic rings. The van der Waals surface area contributed by atoms with Crippen LogP contribution in [0.25, 0.3) is 0 Å². The van der Waals surface area contributed by atoms with Gasteiger partial charge in [0.1, 0.15) is 0 Å². The Morgan fingerprint density at radius 3 is 1.97 bits per heavy atom. The van der Waals surface area contributed by atoms with Crippen molar-refractivity contribution >= 4 is 36.8 Å². The lowest BCUT2D eigenvalue weighted by Crippen LogP contribution is -2.35. The molecule has 0 heterocycles. The minimum atomic E-state index is -0.165. The third-order valence-electron chi connectivity index (χ3n) is 5.77. The van der Waals surface area contributed by atoms with Crippen LogP contribution in [-0.4, -0.2) is 38.2 Å². The molecule has 30 heavy (non-hydrogen) atoms. The van der Waals surface area contributed by atoms with Gasteiger partial charge < -0.3 is 20.9 Å². The van der Waals surface area contributed by atoms with E-state index in [1.807, 2.05) is 0 Å². The topological polar surface area (TPSA) is 105 Å². The molecule has 4 N–H and O–H groups in total. The Hall–Kier alpha value is -0.560. The molecule has 8 heteroatoms. The predicted molar refractivity (Wildman–Crippen MR) is 126 cm³/mol. The van der Waals surface area contributed by atoms with E-state index >= 15 is 0 Å². The van der Waals surface area contributed by atoms with Crippen molar-refractivity contribution in [1.82, 2.24) is 0 Å². The Morgan fingerprint density at radius 2 is 1.47 bits per heavy atom. The Labute approximate surface area is 195 Å². The molecule has 180 valence electrons. The fourth-order valence-corrected chi connectivity index (χ4v) is 4.09. The van der Waals surface area contributed by atoms with E-state index in [1.165, 1.54) is 6.42 Å². The molecule has 0 bridgehead atoms. The van der Waals surface area contributed by atoms with Crippen LogP contribution in [0.2, 0.25) is 0 Å². The molecule has 1 aliphatic carbocycles. The van der Waals surface area contributed by atoms with Crippen LogP contribution in [0.5, 0.6) is 0 Å². The van der Waals surface area contributed by atoms with Crippen molar-refractivity contribution in [2.24, 2.45) is 28.7 Å². The Balaban J connectivity index is 0. The van der Waals surface area contributed by atoms with Crippen molar-refractivity contribution < 1.29 is 19.1 Å². The average molecular weight is 472 g/mol. The average Bonchev–Trinajstić information content (AvgIpc) is 2.67. The van der Waals surface area contributed by atoms with Gasteiger partial charge in [-0.3, -0.25) is 9.59 Å². The van der Waals surface area contributed by atoms with Gasteiger partial charge in [-0.05, 0) is 68.9 Å². The summed E-state index contributed by atoms with van der Waals surface area (Å²) >= 11 is 0. The third-order valence-corrected chi connectivity index (χ3v) is 5.77. The maximum absolute atomic E-state index is 12.1. The fraction of sp³-hybridized carbons (Fsp3) is 0.909. The van der Waals surface area contributed by atoms with Gasteiger partial charge in [-0.25, -0.2) is 0 Å². The van der Waals surface area contributed by atoms with E-state index in [0.717, 1.165) is 51.4 Å². The van der Waals surface area contributed by atoms with Crippen LogP contribution in [0.1, 0.15) is 84.5 Å². The second kappa shape index (κ2) is 18.1. The number of unbranched alkanes of at least 4 members (excludes halogenated alkanes) is 2. The van der Waals surface area contributed by atoms with Gasteiger partial charge in [-0.1, -0.05) is 33.1 Å². The van der Waals surface area contributed by atoms with Crippen molar-refractivity contribution in [2.45, 2.75) is 84.5 Å². The zero-order valence-electron chi connectivity index (χ0n) is 18.9. The Bertz CT molecular complexity index is 458. The number of carbonyl (C=O) groups is 2. The quantitative estimate of drug-likeness (QED) is 0.288. The number of carbonyl (C=O) groups excluding carboxylic acids is 2. The molecule has 0 unspecified atom stereocenters. The van der Waals surface area contributed by atoms with E-state index in [2.05, 4.69) is 13.8 Å². The van der Waals surface area contributed by atoms with Gasteiger partial charge >= 0.3 is 11.9 Å². The summed E-state index contributed by atoms with van der Waals surface area (Å²) in [4.78, 5) is 24.0. The molecule has 0 aromatic carbocycles. The molecule has 1 aliphatic rings. The van der Waals surface area contributed by atoms with E-state index in [9.17, 15) is 9.59 Å². The molecule has 0 aliphatic heterocycles. The highest BCUT2D eigenvalue weighted by atomic mass is 35.5. The summed E-state index contributed by atoms with van der Waals surface area (Å²) in [5.41, 5.74) is 11.6. The molecule has 1 fully saturated rings. The summed E-state index contributed by atoms with van der Waals surface area (Å²) in [7, 11) is 0. The highest BCUT2D eigenvalue weighted by Gasteiger charge is 2.33. The van der Waals surface area contributed by atoms with Crippen molar-refractivity contribution in [2.75, 3.05) is 26.3 Å². The molecule has 0 amide bonds. The van der Waals surface area contributed by atoms with Crippen molar-refractivity contribution in [1.29, 1.82) is 0 Å². The van der Waals surface area contributed by atoms with Crippen molar-refractivity contribution in [3.8, 4) is 0 Å². The normalized spacial score (nSPS) is 16.2. The minimum Gasteiger partial charge on any atom is -0.466 e. The zero-order chi connectivity index (χ0) is 20.8. The highest BCUT2D eigenvalue weighted by molar-refractivity contribution is 5.85. The first-order valence-electron chi connectivity index (χ1n) is 11.1. The van der Waals surface area contributed by atoms with E-state index in [0.29, 0.717) is 45.1 Å². The largest absolute Gasteiger partial charge is 0.466 e. The third kappa shape index (κ3) is 13.7. The standard InChI is InChI=1S/C22H42N2O4.2ClH/c1-18(2)13-19(16-23)14-20(25)27-11-7-4-8-12-28-21(26)15-22(17-24)9-5-3-6-10-22;;/h18-19H,3-17,23-24H2,1-2H3;2*1H/t19-;;/m1../s1. The molecular formula is C22H44Cl2N2O4. The summed E-state index contributed by atoms with van der Waals surface area (Å²) in [6.07, 6.45) is 9.86. The predicted octanol–water partition coefficient (Wildman–Crippen LogP) is 4.40. The van der Waals surface area contributed by atoms with Gasteiger partial charge in [0, 0.05) is 6.42 Å². The first-order chi connectivity index (χ1) is 13.4. The van der Waals surface area contributed by atoms with Gasteiger partial charge in [-0.15, -0.1) is 24.8 Å². The number of rotatable bonds is 14. The maximum Gasteiger partial charge on any atom is 0.306 e. The van der Waals surface area contributed by atoms with E-state index in [4.69, 9.17) is 20.9 Å². The van der Waals surface area contributed by atoms with Crippen LogP contribution in [0.15, 0.2) is 0 Å². The monoisotopic (exact) mass is 470 g/mol. The van der Waals surface area contributed by atoms with E-state index in [1.54, 1.807) is 0 Å². The Kier molecular flexibility index (Phi) is 19.0. The number of nitrogens with two attached hydrogens (primary N) is 2. The molecule has 0 spiro atoms. The lowest BCUT2D eigenvalue weighted by molar-refractivity contribution is -0.147. The Morgan fingerprint density at radius 1 is 0.900 bits per heavy atom. The van der Waals surface area contributed by atoms with Crippen LogP contribution in [0.3, 0.4) is 0 Å². The summed E-state index contributed by atoms with van der Waals surface area (Å²) in [6, 6.07) is 0. The first kappa shape index (κ1) is 31.6. The second-order valence-electron chi connectivity index (χ2n) is 8.88. The molecule has 1 rings (SSSR count). The molecule has 0 aromatic heterocycles. The van der Waals surface area contributed by atoms with Crippen LogP contribution in [-0.2, 0) is 19.1 Å². The number of halogens is 2. The number of hydrogen-bond acceptors (Lipinski definition) is 6. The van der Waals surface area contributed by atoms with Gasteiger partial charge in [0.15, 0.2) is 0 Å². The molecule has 1 saturated carbocycles. The lowest BCUT2D eigenvalue weighted by atomic mass is 9.72. The van der Waals surface area contributed by atoms with E-state index in [-0.39, 0.29) is 48.1 Å². The molecular weight excluding hydrogens is 427 g/mol. The van der Waals surface area contributed by atoms with Crippen LogP contribution in [0.4, 0.5) is 0 Å². The summed E-state index contributed by atoms with van der Waals surface area (Å²) in [6.45, 7) is 6.19. The van der Waals surface area contributed by atoms with Crippen LogP contribution < -0.4 is 11.5 Å². The molecule has 0 radical (unpaired) electrons. The maximum atomic E-state index is 12.1. The second-order valence-corrected chi connectivity index (χ2v) is 8.88. The van der Waals surface area contributed by atoms with Crippen molar-refractivity contribution in [3.63, 3.8) is 0 Å². The molecule has 0 saturated heterocycles. The summed E-state index contributed by atoms with van der Waals surface area (Å²) in [5, 5.41) is 0. The summed E-state index contributed by atoms with van der Waals surface area (Å²) < 4.78 is 10.7. The van der Waals surface area contributed by atoms with Gasteiger partial charge in [0.2, 0.25) is 0 Å². The smallest absolute Gasteiger partial charge is 0.306 e. The SMILES string of the molecule is CC(C)C[C@@H](CN)CC(=O)OCCCCCOC(=O)CC1(CN)CCCCC1.Cl.Cl. The van der Waals surface area contributed by atoms with Gasteiger partial charge in [0.25, 0.3) is 0 Å². The van der Waals surface area contributed by atoms with Gasteiger partial charge in [-0.2, -0.15) is 0 Å². The number of hydrogen-bond donors (Lipinski definition) is 2. The minimum absolute atomic E-state index is 0. The first-order valence-corrected chi connectivity index (χ1v) is 11.1. The van der Waals surface area contributed by atoms with Gasteiger partial charge in [0.05, 0.1) is 19.6 Å². The lowest BCUT2D eigenvalue weighted by Gasteiger charge is -2.35. The van der Waals surface area contributed by atoms with Crippen LogP contribution >= 0.6 is 24.8 Å². The summed E-state index contributed by atoms with van der Waals surface area (Å²) in [5.74, 6) is 0.439. The fourth-order valence-electron chi connectivity index (χ4n) is 4.09. The molecule has 6 nitrogen and oxygen atoms in total.